The van der Waals surface area contributed by atoms with Crippen LogP contribution in [0.5, 0.6) is 5.75 Å². The molecule has 156 valence electrons. The molecule has 3 aromatic heterocycles. The summed E-state index contributed by atoms with van der Waals surface area (Å²) in [5.74, 6) is 2.86. The molecule has 0 aliphatic carbocycles. The quantitative estimate of drug-likeness (QED) is 0.499. The van der Waals surface area contributed by atoms with Crippen LogP contribution in [0.3, 0.4) is 0 Å². The van der Waals surface area contributed by atoms with Gasteiger partial charge in [0.15, 0.2) is 5.65 Å². The van der Waals surface area contributed by atoms with Crippen LogP contribution in [0.2, 0.25) is 0 Å². The van der Waals surface area contributed by atoms with E-state index in [1.807, 2.05) is 24.4 Å². The van der Waals surface area contributed by atoms with Crippen molar-refractivity contribution < 1.29 is 9.47 Å². The highest BCUT2D eigenvalue weighted by Crippen LogP contribution is 2.24. The molecule has 30 heavy (non-hydrogen) atoms. The second-order valence-electron chi connectivity index (χ2n) is 7.10. The fourth-order valence-electron chi connectivity index (χ4n) is 3.65. The average molecular weight is 408 g/mol. The largest absolute Gasteiger partial charge is 0.494 e. The van der Waals surface area contributed by atoms with Gasteiger partial charge in [0, 0.05) is 18.7 Å². The highest BCUT2D eigenvalue weighted by Gasteiger charge is 2.19. The molecule has 1 aliphatic rings. The minimum absolute atomic E-state index is 0.466. The molecule has 0 unspecified atom stereocenters. The van der Waals surface area contributed by atoms with E-state index in [4.69, 9.17) is 19.4 Å². The summed E-state index contributed by atoms with van der Waals surface area (Å²) in [5.41, 5.74) is 3.65. The number of aryl methyl sites for hydroxylation is 1. The van der Waals surface area contributed by atoms with Crippen molar-refractivity contribution in [2.75, 3.05) is 43.6 Å². The molecule has 1 aliphatic heterocycles. The van der Waals surface area contributed by atoms with E-state index in [2.05, 4.69) is 32.2 Å². The van der Waals surface area contributed by atoms with E-state index in [-0.39, 0.29) is 0 Å². The van der Waals surface area contributed by atoms with Crippen molar-refractivity contribution >= 4 is 28.6 Å². The van der Waals surface area contributed by atoms with E-state index >= 15 is 0 Å². The van der Waals surface area contributed by atoms with Crippen molar-refractivity contribution in [1.82, 2.24) is 29.5 Å². The first kappa shape index (κ1) is 18.6. The number of para-hydroxylation sites is 1. The zero-order valence-electron chi connectivity index (χ0n) is 17.1. The summed E-state index contributed by atoms with van der Waals surface area (Å²) in [6.45, 7) is 5.47. The lowest BCUT2D eigenvalue weighted by atomic mass is 10.3. The van der Waals surface area contributed by atoms with Crippen LogP contribution in [0.15, 0.2) is 24.4 Å². The number of imidazole rings is 1. The molecule has 0 atom stereocenters. The first-order chi connectivity index (χ1) is 14.8. The summed E-state index contributed by atoms with van der Waals surface area (Å²) in [6.07, 6.45) is 2.70. The number of anilines is 2. The summed E-state index contributed by atoms with van der Waals surface area (Å²) < 4.78 is 12.6. The fourth-order valence-corrected chi connectivity index (χ4v) is 3.65. The second-order valence-corrected chi connectivity index (χ2v) is 7.10. The van der Waals surface area contributed by atoms with E-state index in [1.54, 1.807) is 11.6 Å². The molecule has 10 heteroatoms. The number of nitrogens with one attached hydrogen (secondary N) is 2. The minimum atomic E-state index is 0.466. The Morgan fingerprint density at radius 2 is 2.07 bits per heavy atom. The van der Waals surface area contributed by atoms with Crippen molar-refractivity contribution in [3.63, 3.8) is 0 Å². The summed E-state index contributed by atoms with van der Waals surface area (Å²) in [4.78, 5) is 19.7. The van der Waals surface area contributed by atoms with Gasteiger partial charge in [0.25, 0.3) is 0 Å². The number of H-pyrrole nitrogens is 1. The van der Waals surface area contributed by atoms with Crippen molar-refractivity contribution in [1.29, 1.82) is 0 Å². The number of aromatic nitrogens is 6. The lowest BCUT2D eigenvalue weighted by Crippen LogP contribution is -2.37. The molecule has 1 aromatic carbocycles. The molecule has 5 rings (SSSR count). The maximum atomic E-state index is 5.47. The number of nitrogens with zero attached hydrogens (tertiary/aromatic N) is 6. The first-order valence-electron chi connectivity index (χ1n) is 10.1. The highest BCUT2D eigenvalue weighted by atomic mass is 16.5. The molecule has 1 saturated heterocycles. The van der Waals surface area contributed by atoms with Crippen LogP contribution in [0, 0.1) is 0 Å². The number of rotatable bonds is 6. The molecule has 2 N–H and O–H groups in total. The number of hydrogen-bond donors (Lipinski definition) is 2. The maximum absolute atomic E-state index is 5.47. The van der Waals surface area contributed by atoms with Crippen LogP contribution in [0.1, 0.15) is 18.3 Å². The van der Waals surface area contributed by atoms with Crippen molar-refractivity contribution in [3.8, 4) is 5.75 Å². The monoisotopic (exact) mass is 408 g/mol. The van der Waals surface area contributed by atoms with Crippen LogP contribution < -0.4 is 15.0 Å². The molecule has 1 fully saturated rings. The van der Waals surface area contributed by atoms with E-state index in [9.17, 15) is 0 Å². The van der Waals surface area contributed by atoms with Crippen LogP contribution in [-0.2, 0) is 17.7 Å². The number of methoxy groups -OCH3 is 1. The van der Waals surface area contributed by atoms with Gasteiger partial charge in [-0.3, -0.25) is 0 Å². The molecule has 10 nitrogen and oxygen atoms in total. The minimum Gasteiger partial charge on any atom is -0.494 e. The van der Waals surface area contributed by atoms with Gasteiger partial charge in [-0.1, -0.05) is 13.0 Å². The Morgan fingerprint density at radius 1 is 1.20 bits per heavy atom. The lowest BCUT2D eigenvalue weighted by Gasteiger charge is -2.27. The van der Waals surface area contributed by atoms with E-state index in [1.165, 1.54) is 0 Å². The molecule has 4 heterocycles. The Hall–Kier alpha value is -3.40. The fraction of sp³-hybridized carbons (Fsp3) is 0.400. The van der Waals surface area contributed by atoms with E-state index < -0.39 is 0 Å². The third-order valence-electron chi connectivity index (χ3n) is 5.26. The van der Waals surface area contributed by atoms with Gasteiger partial charge < -0.3 is 24.7 Å². The van der Waals surface area contributed by atoms with Gasteiger partial charge in [-0.2, -0.15) is 19.6 Å². The van der Waals surface area contributed by atoms with Crippen molar-refractivity contribution in [2.45, 2.75) is 19.9 Å². The molecular weight excluding hydrogens is 384 g/mol. The Morgan fingerprint density at radius 3 is 2.87 bits per heavy atom. The molecular formula is C20H24N8O2. The van der Waals surface area contributed by atoms with Crippen LogP contribution in [0.25, 0.3) is 16.7 Å². The molecule has 0 radical (unpaired) electrons. The zero-order valence-corrected chi connectivity index (χ0v) is 17.1. The predicted octanol–water partition coefficient (Wildman–Crippen LogP) is 2.02. The number of ether oxygens (including phenoxy) is 2. The number of benzene rings is 1. The van der Waals surface area contributed by atoms with Crippen molar-refractivity contribution in [3.05, 3.63) is 35.8 Å². The summed E-state index contributed by atoms with van der Waals surface area (Å²) >= 11 is 0. The number of hydrogen-bond acceptors (Lipinski definition) is 8. The van der Waals surface area contributed by atoms with Gasteiger partial charge in [0.05, 0.1) is 38.6 Å². The van der Waals surface area contributed by atoms with Crippen LogP contribution in [0.4, 0.5) is 11.9 Å². The van der Waals surface area contributed by atoms with Gasteiger partial charge in [-0.15, -0.1) is 0 Å². The van der Waals surface area contributed by atoms with Gasteiger partial charge >= 0.3 is 0 Å². The first-order valence-corrected chi connectivity index (χ1v) is 10.1. The van der Waals surface area contributed by atoms with Gasteiger partial charge in [0.1, 0.15) is 17.1 Å². The molecule has 4 aromatic rings. The summed E-state index contributed by atoms with van der Waals surface area (Å²) in [5, 5.41) is 7.87. The maximum Gasteiger partial charge on any atom is 0.230 e. The highest BCUT2D eigenvalue weighted by molar-refractivity contribution is 5.81. The predicted molar refractivity (Wildman–Crippen MR) is 113 cm³/mol. The smallest absolute Gasteiger partial charge is 0.230 e. The van der Waals surface area contributed by atoms with E-state index in [0.717, 1.165) is 53.3 Å². The van der Waals surface area contributed by atoms with Crippen LogP contribution >= 0.6 is 0 Å². The van der Waals surface area contributed by atoms with Crippen LogP contribution in [-0.4, -0.2) is 63.0 Å². The zero-order chi connectivity index (χ0) is 20.5. The third kappa shape index (κ3) is 3.28. The normalized spacial score (nSPS) is 14.5. The molecule has 0 spiro atoms. The van der Waals surface area contributed by atoms with Gasteiger partial charge in [-0.05, 0) is 18.6 Å². The Bertz CT molecular complexity index is 1180. The molecule has 0 bridgehead atoms. The van der Waals surface area contributed by atoms with Crippen molar-refractivity contribution in [2.24, 2.45) is 0 Å². The average Bonchev–Trinajstić information content (AvgIpc) is 3.41. The van der Waals surface area contributed by atoms with Gasteiger partial charge in [0.2, 0.25) is 11.9 Å². The Kier molecular flexibility index (Phi) is 4.83. The standard InChI is InChI=1S/C20H24N8O2/c1-3-13-11-22-28-18(13)25-20(27-7-9-30-10-8-27)26-19(28)21-12-16-23-14-5-4-6-15(29-2)17(14)24-16/h4-6,11H,3,7-10,12H2,1-2H3,(H,23,24)(H,21,25,26). The Balaban J connectivity index is 1.48. The SMILES string of the molecule is CCc1cnn2c(NCc3nc4c(OC)cccc4[nH]3)nc(N3CCOCC3)nc12. The number of aromatic amines is 1. The molecule has 0 amide bonds. The van der Waals surface area contributed by atoms with E-state index in [0.29, 0.717) is 31.7 Å². The lowest BCUT2D eigenvalue weighted by molar-refractivity contribution is 0.122. The summed E-state index contributed by atoms with van der Waals surface area (Å²) in [7, 11) is 1.65. The molecule has 0 saturated carbocycles. The second kappa shape index (κ2) is 7.79. The Labute approximate surface area is 173 Å². The third-order valence-corrected chi connectivity index (χ3v) is 5.26. The number of morpholine rings is 1. The van der Waals surface area contributed by atoms with Gasteiger partial charge in [-0.25, -0.2) is 4.98 Å². The summed E-state index contributed by atoms with van der Waals surface area (Å²) in [6, 6.07) is 5.82. The topological polar surface area (TPSA) is 105 Å². The number of fused-ring (bicyclic) bond motifs is 2.